The number of nitrogens with zero attached hydrogens (tertiary/aromatic N) is 4. The van der Waals surface area contributed by atoms with Crippen molar-refractivity contribution in [2.75, 3.05) is 45.8 Å². The average Bonchev–Trinajstić information content (AvgIpc) is 3.34. The number of aromatic nitrogens is 1. The molecule has 3 rings (SSSR count). The molecule has 1 aromatic heterocycles. The molecular formula is C18H31IN6OS. The molecule has 0 atom stereocenters. The van der Waals surface area contributed by atoms with Gasteiger partial charge in [-0.25, -0.2) is 4.98 Å². The van der Waals surface area contributed by atoms with E-state index in [4.69, 9.17) is 4.99 Å². The van der Waals surface area contributed by atoms with Crippen molar-refractivity contribution in [3.63, 3.8) is 0 Å². The zero-order chi connectivity index (χ0) is 18.4. The Morgan fingerprint density at radius 1 is 1.33 bits per heavy atom. The van der Waals surface area contributed by atoms with Crippen LogP contribution in [0.2, 0.25) is 0 Å². The Hall–Kier alpha value is -0.940. The highest BCUT2D eigenvalue weighted by molar-refractivity contribution is 14.0. The van der Waals surface area contributed by atoms with Gasteiger partial charge in [0.2, 0.25) is 5.91 Å². The number of hydrogen-bond donors (Lipinski definition) is 2. The topological polar surface area (TPSA) is 72.9 Å². The van der Waals surface area contributed by atoms with Gasteiger partial charge in [-0.15, -0.1) is 35.3 Å². The first-order valence-electron chi connectivity index (χ1n) is 9.60. The van der Waals surface area contributed by atoms with Crippen molar-refractivity contribution in [3.05, 3.63) is 16.1 Å². The van der Waals surface area contributed by atoms with Crippen molar-refractivity contribution >= 4 is 47.2 Å². The Morgan fingerprint density at radius 2 is 2.07 bits per heavy atom. The maximum Gasteiger partial charge on any atom is 0.234 e. The van der Waals surface area contributed by atoms with Crippen LogP contribution in [0.1, 0.15) is 29.7 Å². The highest BCUT2D eigenvalue weighted by Gasteiger charge is 2.25. The van der Waals surface area contributed by atoms with Crippen LogP contribution in [0.4, 0.5) is 0 Å². The molecule has 1 amide bonds. The van der Waals surface area contributed by atoms with Crippen LogP contribution in [-0.2, 0) is 11.2 Å². The average molecular weight is 506 g/mol. The summed E-state index contributed by atoms with van der Waals surface area (Å²) in [5, 5.41) is 7.61. The fourth-order valence-electron chi connectivity index (χ4n) is 3.02. The number of carbonyl (C=O) groups is 1. The molecule has 0 unspecified atom stereocenters. The highest BCUT2D eigenvalue weighted by Crippen LogP contribution is 2.18. The van der Waals surface area contributed by atoms with Crippen molar-refractivity contribution in [1.29, 1.82) is 0 Å². The first-order chi connectivity index (χ1) is 12.6. The lowest BCUT2D eigenvalue weighted by Crippen LogP contribution is -2.54. The molecule has 27 heavy (non-hydrogen) atoms. The van der Waals surface area contributed by atoms with Crippen LogP contribution in [0, 0.1) is 6.92 Å². The van der Waals surface area contributed by atoms with Crippen LogP contribution in [0.15, 0.2) is 11.2 Å². The number of aryl methyl sites for hydroxylation is 1. The molecule has 1 aromatic rings. The Labute approximate surface area is 183 Å². The van der Waals surface area contributed by atoms with Crippen molar-refractivity contribution in [1.82, 2.24) is 25.4 Å². The van der Waals surface area contributed by atoms with Crippen molar-refractivity contribution < 1.29 is 4.79 Å². The number of hydrogen-bond acceptors (Lipinski definition) is 5. The van der Waals surface area contributed by atoms with Gasteiger partial charge in [0.15, 0.2) is 5.96 Å². The van der Waals surface area contributed by atoms with E-state index in [2.05, 4.69) is 39.3 Å². The van der Waals surface area contributed by atoms with E-state index in [0.29, 0.717) is 12.6 Å². The van der Waals surface area contributed by atoms with Gasteiger partial charge < -0.3 is 15.5 Å². The third-order valence-corrected chi connectivity index (χ3v) is 5.55. The van der Waals surface area contributed by atoms with Gasteiger partial charge in [-0.05, 0) is 26.7 Å². The summed E-state index contributed by atoms with van der Waals surface area (Å²) in [6, 6.07) is 0.443. The molecule has 1 saturated carbocycles. The van der Waals surface area contributed by atoms with Gasteiger partial charge in [0, 0.05) is 62.8 Å². The van der Waals surface area contributed by atoms with Gasteiger partial charge in [-0.1, -0.05) is 0 Å². The fraction of sp³-hybridized carbons (Fsp3) is 0.722. The summed E-state index contributed by atoms with van der Waals surface area (Å²) in [7, 11) is 0. The van der Waals surface area contributed by atoms with E-state index >= 15 is 0 Å². The molecule has 0 aromatic carbocycles. The second-order valence-electron chi connectivity index (χ2n) is 6.96. The molecule has 0 radical (unpaired) electrons. The van der Waals surface area contributed by atoms with Crippen LogP contribution >= 0.6 is 35.3 Å². The molecule has 0 bridgehead atoms. The van der Waals surface area contributed by atoms with Gasteiger partial charge in [-0.3, -0.25) is 14.7 Å². The highest BCUT2D eigenvalue weighted by atomic mass is 127. The fourth-order valence-corrected chi connectivity index (χ4v) is 3.80. The second kappa shape index (κ2) is 11.2. The summed E-state index contributed by atoms with van der Waals surface area (Å²) < 4.78 is 0. The summed E-state index contributed by atoms with van der Waals surface area (Å²) in [4.78, 5) is 26.9. The third-order valence-electron chi connectivity index (χ3n) is 4.57. The molecule has 1 aliphatic carbocycles. The van der Waals surface area contributed by atoms with Crippen LogP contribution in [0.3, 0.4) is 0 Å². The largest absolute Gasteiger partial charge is 0.357 e. The summed E-state index contributed by atoms with van der Waals surface area (Å²) in [5.74, 6) is 1.14. The minimum Gasteiger partial charge on any atom is -0.357 e. The quantitative estimate of drug-likeness (QED) is 0.333. The van der Waals surface area contributed by atoms with Crippen LogP contribution in [0.5, 0.6) is 0 Å². The number of piperazine rings is 1. The Morgan fingerprint density at radius 3 is 2.67 bits per heavy atom. The maximum absolute atomic E-state index is 11.9. The van der Waals surface area contributed by atoms with Crippen molar-refractivity contribution in [2.24, 2.45) is 4.99 Å². The van der Waals surface area contributed by atoms with Crippen LogP contribution in [0.25, 0.3) is 0 Å². The number of aliphatic imine (C=N–C) groups is 1. The monoisotopic (exact) mass is 506 g/mol. The molecule has 0 spiro atoms. The summed E-state index contributed by atoms with van der Waals surface area (Å²) in [5.41, 5.74) is 0. The standard InChI is InChI=1S/C18H30N6OS.HI/c1-3-19-18(20-7-6-17-21-12-14(2)26-17)24-10-8-23(9-11-24)13-16(25)22-15-4-5-15;/h12,15H,3-11,13H2,1-2H3,(H,19,20)(H,22,25);1H. The lowest BCUT2D eigenvalue weighted by molar-refractivity contribution is -0.122. The second-order valence-corrected chi connectivity index (χ2v) is 8.27. The number of nitrogens with one attached hydrogen (secondary N) is 2. The SMILES string of the molecule is CCNC(=NCCc1ncc(C)s1)N1CCN(CC(=O)NC2CC2)CC1.I. The molecule has 1 aliphatic heterocycles. The van der Waals surface area contributed by atoms with E-state index in [9.17, 15) is 4.79 Å². The van der Waals surface area contributed by atoms with Crippen LogP contribution in [-0.4, -0.2) is 78.5 Å². The van der Waals surface area contributed by atoms with Gasteiger partial charge in [0.1, 0.15) is 0 Å². The van der Waals surface area contributed by atoms with Gasteiger partial charge in [0.05, 0.1) is 11.6 Å². The van der Waals surface area contributed by atoms with E-state index in [-0.39, 0.29) is 29.9 Å². The molecule has 2 aliphatic rings. The lowest BCUT2D eigenvalue weighted by atomic mass is 10.3. The number of carbonyl (C=O) groups excluding carboxylic acids is 1. The maximum atomic E-state index is 11.9. The van der Waals surface area contributed by atoms with Gasteiger partial charge in [0.25, 0.3) is 0 Å². The molecule has 9 heteroatoms. The number of guanidine groups is 1. The number of rotatable bonds is 7. The molecule has 2 N–H and O–H groups in total. The molecule has 1 saturated heterocycles. The van der Waals surface area contributed by atoms with E-state index < -0.39 is 0 Å². The number of amides is 1. The Kier molecular flexibility index (Phi) is 9.24. The first kappa shape index (κ1) is 22.4. The third kappa shape index (κ3) is 7.53. The number of halogens is 1. The molecule has 2 fully saturated rings. The Balaban J connectivity index is 0.00000261. The Bertz CT molecular complexity index is 625. The minimum atomic E-state index is 0. The molecule has 2 heterocycles. The number of thiazole rings is 1. The molecular weight excluding hydrogens is 475 g/mol. The van der Waals surface area contributed by atoms with Gasteiger partial charge in [-0.2, -0.15) is 0 Å². The van der Waals surface area contributed by atoms with Crippen LogP contribution < -0.4 is 10.6 Å². The summed E-state index contributed by atoms with van der Waals surface area (Å²) in [6.07, 6.45) is 5.09. The minimum absolute atomic E-state index is 0. The smallest absolute Gasteiger partial charge is 0.234 e. The molecule has 7 nitrogen and oxygen atoms in total. The predicted octanol–water partition coefficient (Wildman–Crippen LogP) is 1.47. The first-order valence-corrected chi connectivity index (χ1v) is 10.4. The summed E-state index contributed by atoms with van der Waals surface area (Å²) >= 11 is 1.74. The van der Waals surface area contributed by atoms with Crippen molar-refractivity contribution in [2.45, 2.75) is 39.2 Å². The van der Waals surface area contributed by atoms with E-state index in [1.807, 2.05) is 6.20 Å². The van der Waals surface area contributed by atoms with E-state index in [0.717, 1.165) is 69.5 Å². The molecule has 152 valence electrons. The summed E-state index contributed by atoms with van der Waals surface area (Å²) in [6.45, 7) is 9.90. The van der Waals surface area contributed by atoms with Crippen molar-refractivity contribution in [3.8, 4) is 0 Å². The van der Waals surface area contributed by atoms with E-state index in [1.54, 1.807) is 11.3 Å². The van der Waals surface area contributed by atoms with E-state index in [1.165, 1.54) is 4.88 Å². The van der Waals surface area contributed by atoms with Gasteiger partial charge >= 0.3 is 0 Å². The normalized spacial score (nSPS) is 18.1. The lowest BCUT2D eigenvalue weighted by Gasteiger charge is -2.36. The zero-order valence-corrected chi connectivity index (χ0v) is 19.4. The zero-order valence-electron chi connectivity index (χ0n) is 16.2. The predicted molar refractivity (Wildman–Crippen MR) is 121 cm³/mol.